The minimum Gasteiger partial charge on any atom is -0.494 e. The van der Waals surface area contributed by atoms with Gasteiger partial charge in [-0.15, -0.1) is 0 Å². The van der Waals surface area contributed by atoms with Crippen molar-refractivity contribution in [1.82, 2.24) is 9.80 Å². The van der Waals surface area contributed by atoms with E-state index in [9.17, 15) is 9.59 Å². The molecule has 4 rings (SSSR count). The van der Waals surface area contributed by atoms with Crippen molar-refractivity contribution < 1.29 is 28.5 Å². The fourth-order valence-electron chi connectivity index (χ4n) is 5.26. The van der Waals surface area contributed by atoms with Gasteiger partial charge in [-0.1, -0.05) is 36.9 Å². The fourth-order valence-corrected chi connectivity index (χ4v) is 5.26. The molecular formula is C32H44N2O6. The van der Waals surface area contributed by atoms with Gasteiger partial charge in [0.15, 0.2) is 6.10 Å². The van der Waals surface area contributed by atoms with E-state index >= 15 is 0 Å². The number of carbonyl (C=O) groups is 2. The second-order valence-electron chi connectivity index (χ2n) is 11.6. The lowest BCUT2D eigenvalue weighted by Gasteiger charge is -2.36. The van der Waals surface area contributed by atoms with Gasteiger partial charge in [0, 0.05) is 38.4 Å². The van der Waals surface area contributed by atoms with Crippen LogP contribution in [0.15, 0.2) is 36.9 Å². The summed E-state index contributed by atoms with van der Waals surface area (Å²) in [4.78, 5) is 30.2. The molecule has 1 atom stereocenters. The van der Waals surface area contributed by atoms with Crippen LogP contribution < -0.4 is 0 Å². The van der Waals surface area contributed by atoms with Crippen molar-refractivity contribution in [3.8, 4) is 0 Å². The molecule has 2 fully saturated rings. The van der Waals surface area contributed by atoms with Crippen molar-refractivity contribution in [2.75, 3.05) is 40.0 Å². The minimum absolute atomic E-state index is 0.0992. The smallest absolute Gasteiger partial charge is 0.410 e. The normalized spacial score (nSPS) is 17.5. The van der Waals surface area contributed by atoms with E-state index in [1.54, 1.807) is 12.0 Å². The van der Waals surface area contributed by atoms with E-state index in [-0.39, 0.29) is 18.5 Å². The summed E-state index contributed by atoms with van der Waals surface area (Å²) in [5.41, 5.74) is 2.55. The van der Waals surface area contributed by atoms with Gasteiger partial charge in [0.2, 0.25) is 0 Å². The van der Waals surface area contributed by atoms with Gasteiger partial charge in [-0.3, -0.25) is 4.79 Å². The van der Waals surface area contributed by atoms with Crippen molar-refractivity contribution in [2.24, 2.45) is 0 Å². The van der Waals surface area contributed by atoms with E-state index in [1.165, 1.54) is 5.56 Å². The summed E-state index contributed by atoms with van der Waals surface area (Å²) in [6.45, 7) is 14.2. The first-order chi connectivity index (χ1) is 19.1. The maximum atomic E-state index is 14.0. The molecule has 1 aliphatic heterocycles. The number of amides is 2. The minimum atomic E-state index is -0.734. The molecule has 1 saturated heterocycles. The zero-order valence-electron chi connectivity index (χ0n) is 24.7. The number of benzene rings is 2. The van der Waals surface area contributed by atoms with Crippen molar-refractivity contribution in [1.29, 1.82) is 0 Å². The Balaban J connectivity index is 1.65. The Bertz CT molecular complexity index is 1220. The molecule has 0 bridgehead atoms. The van der Waals surface area contributed by atoms with E-state index in [2.05, 4.69) is 24.8 Å². The number of hydrogen-bond donors (Lipinski definition) is 0. The van der Waals surface area contributed by atoms with E-state index in [0.29, 0.717) is 38.7 Å². The highest BCUT2D eigenvalue weighted by Gasteiger charge is 2.40. The molecule has 1 heterocycles. The molecule has 0 N–H and O–H groups in total. The molecule has 2 aromatic rings. The standard InChI is InChI=1S/C32H44N2O6/c1-7-38-22(2)29-24(19-23(11-10-17-37-6)26-12-8-9-13-27(26)29)20-34(25-14-15-25)30(35)28-21-33(16-18-39-28)31(36)40-32(3,4)5/h8-9,12-13,19,25,28H,2,7,10-11,14-18,20-21H2,1,3-6H3/t28-/m1/s1. The van der Waals surface area contributed by atoms with Crippen LogP contribution in [0.1, 0.15) is 63.6 Å². The summed E-state index contributed by atoms with van der Waals surface area (Å²) >= 11 is 0. The average Bonchev–Trinajstić information content (AvgIpc) is 3.76. The van der Waals surface area contributed by atoms with Gasteiger partial charge in [0.25, 0.3) is 5.91 Å². The Morgan fingerprint density at radius 1 is 1.15 bits per heavy atom. The number of morpholine rings is 1. The lowest BCUT2D eigenvalue weighted by molar-refractivity contribution is -0.150. The van der Waals surface area contributed by atoms with Crippen LogP contribution in [0, 0.1) is 0 Å². The molecule has 0 spiro atoms. The lowest BCUT2D eigenvalue weighted by Crippen LogP contribution is -2.53. The van der Waals surface area contributed by atoms with Gasteiger partial charge in [-0.2, -0.15) is 0 Å². The second-order valence-corrected chi connectivity index (χ2v) is 11.6. The Kier molecular flexibility index (Phi) is 9.74. The van der Waals surface area contributed by atoms with Crippen molar-refractivity contribution in [3.05, 3.63) is 53.6 Å². The van der Waals surface area contributed by atoms with E-state index in [0.717, 1.165) is 47.6 Å². The summed E-state index contributed by atoms with van der Waals surface area (Å²) in [5, 5.41) is 2.23. The van der Waals surface area contributed by atoms with Crippen molar-refractivity contribution in [2.45, 2.75) is 77.7 Å². The van der Waals surface area contributed by atoms with Crippen LogP contribution in [0.4, 0.5) is 4.79 Å². The molecule has 1 aliphatic carbocycles. The van der Waals surface area contributed by atoms with Gasteiger partial charge in [0.1, 0.15) is 11.4 Å². The average molecular weight is 553 g/mol. The number of ether oxygens (including phenoxy) is 4. The van der Waals surface area contributed by atoms with Crippen LogP contribution in [0.25, 0.3) is 16.5 Å². The summed E-state index contributed by atoms with van der Waals surface area (Å²) in [6, 6.07) is 10.7. The molecule has 0 radical (unpaired) electrons. The van der Waals surface area contributed by atoms with Gasteiger partial charge in [-0.25, -0.2) is 4.79 Å². The number of rotatable bonds is 11. The zero-order valence-corrected chi connectivity index (χ0v) is 24.7. The quantitative estimate of drug-likeness (QED) is 0.269. The first-order valence-electron chi connectivity index (χ1n) is 14.4. The van der Waals surface area contributed by atoms with Crippen LogP contribution in [0.3, 0.4) is 0 Å². The number of hydrogen-bond acceptors (Lipinski definition) is 6. The lowest BCUT2D eigenvalue weighted by atomic mass is 9.91. The zero-order chi connectivity index (χ0) is 28.9. The van der Waals surface area contributed by atoms with Crippen LogP contribution >= 0.6 is 0 Å². The highest BCUT2D eigenvalue weighted by atomic mass is 16.6. The molecule has 2 aromatic carbocycles. The topological polar surface area (TPSA) is 77.5 Å². The highest BCUT2D eigenvalue weighted by molar-refractivity contribution is 5.96. The molecule has 40 heavy (non-hydrogen) atoms. The summed E-state index contributed by atoms with van der Waals surface area (Å²) in [6.07, 6.45) is 2.50. The third kappa shape index (κ3) is 7.34. The summed E-state index contributed by atoms with van der Waals surface area (Å²) in [5.74, 6) is 0.503. The van der Waals surface area contributed by atoms with Crippen LogP contribution in [0.5, 0.6) is 0 Å². The largest absolute Gasteiger partial charge is 0.494 e. The van der Waals surface area contributed by atoms with Crippen molar-refractivity contribution >= 4 is 28.5 Å². The van der Waals surface area contributed by atoms with Gasteiger partial charge in [0.05, 0.1) is 19.8 Å². The number of carbonyl (C=O) groups excluding carboxylic acids is 2. The predicted octanol–water partition coefficient (Wildman–Crippen LogP) is 5.55. The summed E-state index contributed by atoms with van der Waals surface area (Å²) < 4.78 is 22.7. The van der Waals surface area contributed by atoms with Crippen molar-refractivity contribution in [3.63, 3.8) is 0 Å². The highest BCUT2D eigenvalue weighted by Crippen LogP contribution is 2.36. The van der Waals surface area contributed by atoms with E-state index in [4.69, 9.17) is 18.9 Å². The molecule has 0 unspecified atom stereocenters. The van der Waals surface area contributed by atoms with Crippen LogP contribution in [-0.2, 0) is 36.7 Å². The molecule has 8 heteroatoms. The number of methoxy groups -OCH3 is 1. The third-order valence-electron chi connectivity index (χ3n) is 7.21. The van der Waals surface area contributed by atoms with Gasteiger partial charge < -0.3 is 28.7 Å². The molecule has 0 aromatic heterocycles. The van der Waals surface area contributed by atoms with Gasteiger partial charge >= 0.3 is 6.09 Å². The van der Waals surface area contributed by atoms with Gasteiger partial charge in [-0.05, 0) is 75.3 Å². The molecule has 1 saturated carbocycles. The molecule has 2 amide bonds. The van der Waals surface area contributed by atoms with Crippen LogP contribution in [0.2, 0.25) is 0 Å². The number of nitrogens with zero attached hydrogens (tertiary/aromatic N) is 2. The fraction of sp³-hybridized carbons (Fsp3) is 0.562. The predicted molar refractivity (Wildman–Crippen MR) is 156 cm³/mol. The van der Waals surface area contributed by atoms with E-state index < -0.39 is 17.8 Å². The Hall–Kier alpha value is -3.10. The Morgan fingerprint density at radius 3 is 2.52 bits per heavy atom. The first kappa shape index (κ1) is 29.9. The van der Waals surface area contributed by atoms with E-state index in [1.807, 2.05) is 44.7 Å². The summed E-state index contributed by atoms with van der Waals surface area (Å²) in [7, 11) is 1.72. The number of aryl methyl sites for hydroxylation is 1. The SMILES string of the molecule is C=C(OCC)c1c(CN(C(=O)[C@H]2CN(C(=O)OC(C)(C)C)CCO2)C2CC2)cc(CCCOC)c2ccccc12. The maximum absolute atomic E-state index is 14.0. The molecular weight excluding hydrogens is 508 g/mol. The maximum Gasteiger partial charge on any atom is 0.410 e. The Labute approximate surface area is 238 Å². The third-order valence-corrected chi connectivity index (χ3v) is 7.21. The second kappa shape index (κ2) is 13.0. The molecule has 218 valence electrons. The monoisotopic (exact) mass is 552 g/mol. The first-order valence-corrected chi connectivity index (χ1v) is 14.4. The molecule has 8 nitrogen and oxygen atoms in total. The number of fused-ring (bicyclic) bond motifs is 1. The van der Waals surface area contributed by atoms with Crippen LogP contribution in [-0.4, -0.2) is 79.6 Å². The Morgan fingerprint density at radius 2 is 1.88 bits per heavy atom. The molecule has 2 aliphatic rings.